The second-order valence-electron chi connectivity index (χ2n) is 6.70. The Morgan fingerprint density at radius 2 is 1.61 bits per heavy atom. The van der Waals surface area contributed by atoms with Gasteiger partial charge in [0.2, 0.25) is 0 Å². The van der Waals surface area contributed by atoms with E-state index in [2.05, 4.69) is 0 Å². The number of hydrogen-bond donors (Lipinski definition) is 0. The predicted octanol–water partition coefficient (Wildman–Crippen LogP) is 3.47. The number of amides is 1. The number of ether oxygens (including phenoxy) is 1. The van der Waals surface area contributed by atoms with Crippen LogP contribution in [0.3, 0.4) is 0 Å². The standard InChI is InChI=1S/C22H22FNO4/c1-2-28-22(27)16-11-13-24(14-12-16)21(26)19-6-4-3-5-18(19)20(25)15-7-9-17(23)10-8-15/h3-10,16H,2,11-14H2,1H3. The van der Waals surface area contributed by atoms with Crippen molar-refractivity contribution in [3.05, 3.63) is 71.0 Å². The number of piperidine rings is 1. The van der Waals surface area contributed by atoms with Crippen molar-refractivity contribution in [3.63, 3.8) is 0 Å². The average molecular weight is 383 g/mol. The Kier molecular flexibility index (Phi) is 6.19. The third kappa shape index (κ3) is 4.27. The molecule has 1 amide bonds. The van der Waals surface area contributed by atoms with Gasteiger partial charge in [-0.1, -0.05) is 18.2 Å². The van der Waals surface area contributed by atoms with E-state index in [0.717, 1.165) is 0 Å². The molecule has 0 spiro atoms. The Morgan fingerprint density at radius 1 is 1.00 bits per heavy atom. The summed E-state index contributed by atoms with van der Waals surface area (Å²) in [5, 5.41) is 0. The molecular formula is C22H22FNO4. The zero-order valence-corrected chi connectivity index (χ0v) is 15.7. The molecule has 28 heavy (non-hydrogen) atoms. The van der Waals surface area contributed by atoms with Crippen molar-refractivity contribution in [2.45, 2.75) is 19.8 Å². The van der Waals surface area contributed by atoms with Crippen LogP contribution in [-0.2, 0) is 9.53 Å². The monoisotopic (exact) mass is 383 g/mol. The van der Waals surface area contributed by atoms with Gasteiger partial charge in [-0.2, -0.15) is 0 Å². The van der Waals surface area contributed by atoms with Gasteiger partial charge in [-0.3, -0.25) is 14.4 Å². The van der Waals surface area contributed by atoms with Crippen LogP contribution in [-0.4, -0.2) is 42.3 Å². The Hall–Kier alpha value is -3.02. The summed E-state index contributed by atoms with van der Waals surface area (Å²) >= 11 is 0. The smallest absolute Gasteiger partial charge is 0.309 e. The summed E-state index contributed by atoms with van der Waals surface area (Å²) in [7, 11) is 0. The molecule has 1 saturated heterocycles. The highest BCUT2D eigenvalue weighted by atomic mass is 19.1. The maximum atomic E-state index is 13.1. The van der Waals surface area contributed by atoms with Crippen LogP contribution in [0.5, 0.6) is 0 Å². The Morgan fingerprint density at radius 3 is 2.21 bits per heavy atom. The average Bonchev–Trinajstić information content (AvgIpc) is 2.73. The number of benzene rings is 2. The van der Waals surface area contributed by atoms with E-state index in [1.807, 2.05) is 0 Å². The van der Waals surface area contributed by atoms with E-state index in [1.54, 1.807) is 36.1 Å². The molecule has 3 rings (SSSR count). The van der Waals surface area contributed by atoms with Crippen molar-refractivity contribution >= 4 is 17.7 Å². The number of carbonyl (C=O) groups is 3. The molecule has 2 aromatic rings. The highest BCUT2D eigenvalue weighted by Crippen LogP contribution is 2.23. The molecule has 0 radical (unpaired) electrons. The fourth-order valence-electron chi connectivity index (χ4n) is 3.37. The molecule has 1 aliphatic rings. The fourth-order valence-corrected chi connectivity index (χ4v) is 3.37. The molecule has 5 nitrogen and oxygen atoms in total. The topological polar surface area (TPSA) is 63.7 Å². The SMILES string of the molecule is CCOC(=O)C1CCN(C(=O)c2ccccc2C(=O)c2ccc(F)cc2)CC1. The maximum Gasteiger partial charge on any atom is 0.309 e. The third-order valence-corrected chi connectivity index (χ3v) is 4.91. The van der Waals surface area contributed by atoms with Crippen LogP contribution in [0.1, 0.15) is 46.0 Å². The Balaban J connectivity index is 1.76. The second-order valence-corrected chi connectivity index (χ2v) is 6.70. The summed E-state index contributed by atoms with van der Waals surface area (Å²) in [6, 6.07) is 11.9. The van der Waals surface area contributed by atoms with E-state index < -0.39 is 5.82 Å². The first kappa shape index (κ1) is 19.7. The molecule has 6 heteroatoms. The molecule has 1 aliphatic heterocycles. The van der Waals surface area contributed by atoms with Gasteiger partial charge < -0.3 is 9.64 Å². The first-order chi connectivity index (χ1) is 13.5. The summed E-state index contributed by atoms with van der Waals surface area (Å²) in [6.07, 6.45) is 1.08. The second kappa shape index (κ2) is 8.78. The van der Waals surface area contributed by atoms with E-state index in [9.17, 15) is 18.8 Å². The summed E-state index contributed by atoms with van der Waals surface area (Å²) in [4.78, 5) is 39.4. The normalized spacial score (nSPS) is 14.6. The molecule has 0 saturated carbocycles. The Labute approximate surface area is 163 Å². The Bertz CT molecular complexity index is 870. The van der Waals surface area contributed by atoms with Crippen LogP contribution in [0.25, 0.3) is 0 Å². The van der Waals surface area contributed by atoms with Gasteiger partial charge in [0, 0.05) is 24.2 Å². The molecule has 0 aliphatic carbocycles. The number of esters is 1. The van der Waals surface area contributed by atoms with Gasteiger partial charge in [-0.25, -0.2) is 4.39 Å². The third-order valence-electron chi connectivity index (χ3n) is 4.91. The number of hydrogen-bond acceptors (Lipinski definition) is 4. The van der Waals surface area contributed by atoms with Gasteiger partial charge >= 0.3 is 5.97 Å². The number of rotatable bonds is 5. The van der Waals surface area contributed by atoms with Crippen LogP contribution in [0.15, 0.2) is 48.5 Å². The van der Waals surface area contributed by atoms with Crippen molar-refractivity contribution in [3.8, 4) is 0 Å². The number of carbonyl (C=O) groups excluding carboxylic acids is 3. The molecule has 1 heterocycles. The molecule has 0 bridgehead atoms. The van der Waals surface area contributed by atoms with Crippen LogP contribution < -0.4 is 0 Å². The first-order valence-electron chi connectivity index (χ1n) is 9.36. The zero-order valence-electron chi connectivity index (χ0n) is 15.7. The van der Waals surface area contributed by atoms with Crippen LogP contribution >= 0.6 is 0 Å². The maximum absolute atomic E-state index is 13.1. The van der Waals surface area contributed by atoms with Crippen LogP contribution in [0.4, 0.5) is 4.39 Å². The molecule has 0 unspecified atom stereocenters. The largest absolute Gasteiger partial charge is 0.466 e. The lowest BCUT2D eigenvalue weighted by molar-refractivity contribution is -0.149. The summed E-state index contributed by atoms with van der Waals surface area (Å²) < 4.78 is 18.2. The molecule has 0 N–H and O–H groups in total. The van der Waals surface area contributed by atoms with Crippen LogP contribution in [0, 0.1) is 11.7 Å². The van der Waals surface area contributed by atoms with E-state index in [1.165, 1.54) is 24.3 Å². The minimum absolute atomic E-state index is 0.194. The summed E-state index contributed by atoms with van der Waals surface area (Å²) in [5.74, 6) is -1.41. The van der Waals surface area contributed by atoms with Crippen LogP contribution in [0.2, 0.25) is 0 Å². The van der Waals surface area contributed by atoms with Gasteiger partial charge in [0.1, 0.15) is 5.82 Å². The number of halogens is 1. The van der Waals surface area contributed by atoms with Crippen molar-refractivity contribution in [2.75, 3.05) is 19.7 Å². The fraction of sp³-hybridized carbons (Fsp3) is 0.318. The van der Waals surface area contributed by atoms with Crippen molar-refractivity contribution in [2.24, 2.45) is 5.92 Å². The summed E-state index contributed by atoms with van der Waals surface area (Å²) in [5.41, 5.74) is 0.917. The molecule has 0 aromatic heterocycles. The highest BCUT2D eigenvalue weighted by Gasteiger charge is 2.30. The van der Waals surface area contributed by atoms with Crippen molar-refractivity contribution < 1.29 is 23.5 Å². The summed E-state index contributed by atoms with van der Waals surface area (Å²) in [6.45, 7) is 2.98. The lowest BCUT2D eigenvalue weighted by atomic mass is 9.94. The lowest BCUT2D eigenvalue weighted by Gasteiger charge is -2.31. The van der Waals surface area contributed by atoms with Gasteiger partial charge in [-0.15, -0.1) is 0 Å². The molecule has 2 aromatic carbocycles. The number of nitrogens with zero attached hydrogens (tertiary/aromatic N) is 1. The van der Waals surface area contributed by atoms with Gasteiger partial charge in [0.15, 0.2) is 5.78 Å². The van der Waals surface area contributed by atoms with E-state index in [-0.39, 0.29) is 29.1 Å². The van der Waals surface area contributed by atoms with Gasteiger partial charge in [0.25, 0.3) is 5.91 Å². The van der Waals surface area contributed by atoms with E-state index >= 15 is 0 Å². The van der Waals surface area contributed by atoms with Crippen molar-refractivity contribution in [1.82, 2.24) is 4.90 Å². The first-order valence-corrected chi connectivity index (χ1v) is 9.36. The number of likely N-dealkylation sites (tertiary alicyclic amines) is 1. The minimum Gasteiger partial charge on any atom is -0.466 e. The number of ketones is 1. The zero-order chi connectivity index (χ0) is 20.1. The van der Waals surface area contributed by atoms with E-state index in [0.29, 0.717) is 43.7 Å². The quantitative estimate of drug-likeness (QED) is 0.586. The van der Waals surface area contributed by atoms with Gasteiger partial charge in [0.05, 0.1) is 18.1 Å². The predicted molar refractivity (Wildman–Crippen MR) is 102 cm³/mol. The highest BCUT2D eigenvalue weighted by molar-refractivity contribution is 6.15. The van der Waals surface area contributed by atoms with Crippen molar-refractivity contribution in [1.29, 1.82) is 0 Å². The van der Waals surface area contributed by atoms with E-state index in [4.69, 9.17) is 4.74 Å². The minimum atomic E-state index is -0.426. The molecular weight excluding hydrogens is 361 g/mol. The molecule has 0 atom stereocenters. The molecule has 1 fully saturated rings. The van der Waals surface area contributed by atoms with Gasteiger partial charge in [-0.05, 0) is 50.1 Å². The molecule has 146 valence electrons. The lowest BCUT2D eigenvalue weighted by Crippen LogP contribution is -2.41.